The van der Waals surface area contributed by atoms with Crippen molar-refractivity contribution in [1.82, 2.24) is 0 Å². The van der Waals surface area contributed by atoms with Crippen LogP contribution in [-0.2, 0) is 0 Å². The zero-order chi connectivity index (χ0) is 18.5. The smallest absolute Gasteiger partial charge is 0.170 e. The van der Waals surface area contributed by atoms with Crippen molar-refractivity contribution in [2.24, 2.45) is 0 Å². The van der Waals surface area contributed by atoms with Crippen LogP contribution in [0.25, 0.3) is 11.1 Å². The number of halogens is 6. The second-order valence-electron chi connectivity index (χ2n) is 6.08. The Morgan fingerprint density at radius 3 is 1.50 bits per heavy atom. The Hall–Kier alpha value is -1.98. The van der Waals surface area contributed by atoms with Crippen molar-refractivity contribution in [3.63, 3.8) is 0 Å². The van der Waals surface area contributed by atoms with Gasteiger partial charge in [0.2, 0.25) is 0 Å². The second-order valence-corrected chi connectivity index (χ2v) is 6.08. The molecule has 0 N–H and O–H groups in total. The first-order valence-electron chi connectivity index (χ1n) is 7.33. The Balaban J connectivity index is 3.01. The molecule has 24 heavy (non-hydrogen) atoms. The topological polar surface area (TPSA) is 0 Å². The molecule has 0 heterocycles. The summed E-state index contributed by atoms with van der Waals surface area (Å²) in [5, 5.41) is 0. The highest BCUT2D eigenvalue weighted by atomic mass is 19.2. The van der Waals surface area contributed by atoms with Crippen molar-refractivity contribution in [1.29, 1.82) is 0 Å². The summed E-state index contributed by atoms with van der Waals surface area (Å²) in [6.45, 7) is 6.36. The number of hydrogen-bond donors (Lipinski definition) is 0. The van der Waals surface area contributed by atoms with Crippen LogP contribution in [-0.4, -0.2) is 0 Å². The highest BCUT2D eigenvalue weighted by molar-refractivity contribution is 5.72. The van der Waals surface area contributed by atoms with Crippen LogP contribution in [0.5, 0.6) is 0 Å². The molecule has 0 nitrogen and oxygen atoms in total. The molecular weight excluding hydrogens is 330 g/mol. The summed E-state index contributed by atoms with van der Waals surface area (Å²) in [6, 6.07) is 0. The van der Waals surface area contributed by atoms with E-state index in [1.807, 2.05) is 0 Å². The van der Waals surface area contributed by atoms with E-state index in [-0.39, 0.29) is 11.1 Å². The lowest BCUT2D eigenvalue weighted by molar-refractivity contribution is 0.470. The lowest BCUT2D eigenvalue weighted by atomic mass is 9.89. The van der Waals surface area contributed by atoms with Gasteiger partial charge in [-0.3, -0.25) is 0 Å². The van der Waals surface area contributed by atoms with Gasteiger partial charge in [0.15, 0.2) is 23.3 Å². The Morgan fingerprint density at radius 1 is 0.500 bits per heavy atom. The van der Waals surface area contributed by atoms with Crippen molar-refractivity contribution < 1.29 is 26.3 Å². The molecule has 2 rings (SSSR count). The maximum Gasteiger partial charge on any atom is 0.170 e. The van der Waals surface area contributed by atoms with Crippen LogP contribution in [0, 0.1) is 55.7 Å². The summed E-state index contributed by atoms with van der Waals surface area (Å²) in [7, 11) is 0. The van der Waals surface area contributed by atoms with E-state index in [9.17, 15) is 26.3 Å². The van der Waals surface area contributed by atoms with Crippen molar-refractivity contribution in [2.75, 3.05) is 0 Å². The quantitative estimate of drug-likeness (QED) is 0.446. The average Bonchev–Trinajstić information content (AvgIpc) is 2.52. The molecule has 0 aromatic heterocycles. The van der Waals surface area contributed by atoms with Crippen molar-refractivity contribution in [3.8, 4) is 11.1 Å². The molecule has 0 atom stereocenters. The van der Waals surface area contributed by atoms with Crippen molar-refractivity contribution in [3.05, 3.63) is 57.2 Å². The number of benzene rings is 2. The lowest BCUT2D eigenvalue weighted by Gasteiger charge is -2.19. The fourth-order valence-corrected chi connectivity index (χ4v) is 2.92. The van der Waals surface area contributed by atoms with Crippen LogP contribution in [0.2, 0.25) is 0 Å². The molecule has 0 saturated heterocycles. The number of hydrogen-bond acceptors (Lipinski definition) is 0. The summed E-state index contributed by atoms with van der Waals surface area (Å²) >= 11 is 0. The molecule has 2 aromatic carbocycles. The molecule has 0 aliphatic rings. The molecule has 2 aromatic rings. The van der Waals surface area contributed by atoms with Gasteiger partial charge in [-0.25, -0.2) is 26.3 Å². The fourth-order valence-electron chi connectivity index (χ4n) is 2.92. The third kappa shape index (κ3) is 2.48. The van der Waals surface area contributed by atoms with E-state index < -0.39 is 63.1 Å². The normalized spacial score (nSPS) is 11.5. The van der Waals surface area contributed by atoms with Crippen LogP contribution < -0.4 is 0 Å². The first-order valence-corrected chi connectivity index (χ1v) is 7.33. The van der Waals surface area contributed by atoms with Gasteiger partial charge in [-0.15, -0.1) is 0 Å². The van der Waals surface area contributed by atoms with Gasteiger partial charge in [0.1, 0.15) is 11.6 Å². The average molecular weight is 346 g/mol. The van der Waals surface area contributed by atoms with Crippen LogP contribution in [0.1, 0.15) is 42.0 Å². The second kappa shape index (κ2) is 6.15. The van der Waals surface area contributed by atoms with E-state index in [0.29, 0.717) is 0 Å². The molecule has 0 fully saturated rings. The van der Waals surface area contributed by atoms with E-state index in [4.69, 9.17) is 0 Å². The standard InChI is InChI=1S/C18H16F6/c1-6(2)10-7(3)14(20)12(18(24)16(10)22)11-8(4)13(19)9(5)15(21)17(11)23/h6H,1-5H3. The van der Waals surface area contributed by atoms with Crippen LogP contribution in [0.15, 0.2) is 0 Å². The fraction of sp³-hybridized carbons (Fsp3) is 0.333. The van der Waals surface area contributed by atoms with Gasteiger partial charge in [-0.1, -0.05) is 13.8 Å². The molecule has 0 aliphatic heterocycles. The molecule has 130 valence electrons. The van der Waals surface area contributed by atoms with Crippen molar-refractivity contribution in [2.45, 2.75) is 40.5 Å². The highest BCUT2D eigenvalue weighted by Crippen LogP contribution is 2.39. The third-order valence-corrected chi connectivity index (χ3v) is 4.20. The molecule has 0 spiro atoms. The lowest BCUT2D eigenvalue weighted by Crippen LogP contribution is -2.10. The maximum atomic E-state index is 14.7. The minimum atomic E-state index is -1.66. The van der Waals surface area contributed by atoms with Gasteiger partial charge in [0.05, 0.1) is 5.56 Å². The molecular formula is C18H16F6. The molecule has 0 aliphatic carbocycles. The Labute approximate surface area is 136 Å². The zero-order valence-corrected chi connectivity index (χ0v) is 13.8. The Morgan fingerprint density at radius 2 is 1.00 bits per heavy atom. The van der Waals surface area contributed by atoms with E-state index in [0.717, 1.165) is 13.8 Å². The van der Waals surface area contributed by atoms with Gasteiger partial charge in [-0.05, 0) is 43.4 Å². The van der Waals surface area contributed by atoms with E-state index in [2.05, 4.69) is 0 Å². The van der Waals surface area contributed by atoms with Gasteiger partial charge >= 0.3 is 0 Å². The van der Waals surface area contributed by atoms with Gasteiger partial charge in [-0.2, -0.15) is 0 Å². The molecule has 0 saturated carbocycles. The predicted octanol–water partition coefficient (Wildman–Crippen LogP) is 6.24. The summed E-state index contributed by atoms with van der Waals surface area (Å²) in [5.41, 5.74) is -3.55. The molecule has 0 bridgehead atoms. The molecule has 0 radical (unpaired) electrons. The van der Waals surface area contributed by atoms with Crippen molar-refractivity contribution >= 4 is 0 Å². The van der Waals surface area contributed by atoms with Crippen LogP contribution in [0.3, 0.4) is 0 Å². The van der Waals surface area contributed by atoms with Gasteiger partial charge in [0.25, 0.3) is 0 Å². The van der Waals surface area contributed by atoms with Crippen LogP contribution in [0.4, 0.5) is 26.3 Å². The zero-order valence-electron chi connectivity index (χ0n) is 13.8. The largest absolute Gasteiger partial charge is 0.206 e. The molecule has 0 amide bonds. The van der Waals surface area contributed by atoms with Gasteiger partial charge in [0, 0.05) is 11.1 Å². The Bertz CT molecular complexity index is 778. The van der Waals surface area contributed by atoms with Crippen LogP contribution >= 0.6 is 0 Å². The molecule has 6 heteroatoms. The minimum Gasteiger partial charge on any atom is -0.206 e. The highest BCUT2D eigenvalue weighted by Gasteiger charge is 2.30. The van der Waals surface area contributed by atoms with E-state index in [1.165, 1.54) is 6.92 Å². The monoisotopic (exact) mass is 346 g/mol. The maximum absolute atomic E-state index is 14.7. The van der Waals surface area contributed by atoms with Gasteiger partial charge < -0.3 is 0 Å². The van der Waals surface area contributed by atoms with E-state index >= 15 is 0 Å². The summed E-state index contributed by atoms with van der Waals surface area (Å²) < 4.78 is 85.6. The van der Waals surface area contributed by atoms with E-state index in [1.54, 1.807) is 13.8 Å². The summed E-state index contributed by atoms with van der Waals surface area (Å²) in [5.74, 6) is -9.07. The predicted molar refractivity (Wildman–Crippen MR) is 79.9 cm³/mol. The SMILES string of the molecule is Cc1c(F)c(C)c(-c2c(F)c(C)c(C(C)C)c(F)c2F)c(F)c1F. The Kier molecular flexibility index (Phi) is 4.70. The molecule has 0 unspecified atom stereocenters. The first kappa shape index (κ1) is 18.4. The summed E-state index contributed by atoms with van der Waals surface area (Å²) in [4.78, 5) is 0. The summed E-state index contributed by atoms with van der Waals surface area (Å²) in [6.07, 6.45) is 0. The minimum absolute atomic E-state index is 0.195. The first-order chi connectivity index (χ1) is 11.0. The third-order valence-electron chi connectivity index (χ3n) is 4.20. The number of rotatable bonds is 2.